The van der Waals surface area contributed by atoms with Crippen molar-refractivity contribution in [2.45, 2.75) is 11.5 Å². The van der Waals surface area contributed by atoms with Crippen molar-refractivity contribution >= 4 is 47.1 Å². The van der Waals surface area contributed by atoms with Crippen LogP contribution in [0, 0.1) is 5.82 Å². The van der Waals surface area contributed by atoms with Gasteiger partial charge in [-0.2, -0.15) is 5.10 Å². The van der Waals surface area contributed by atoms with Crippen molar-refractivity contribution in [2.24, 2.45) is 5.10 Å². The number of furan rings is 1. The first-order valence-electron chi connectivity index (χ1n) is 10.9. The number of nitrogens with one attached hydrogen (secondary N) is 2. The number of hydrazone groups is 1. The number of carbonyl (C=O) groups is 2. The summed E-state index contributed by atoms with van der Waals surface area (Å²) in [6.07, 6.45) is 2.96. The number of benzene rings is 3. The van der Waals surface area contributed by atoms with Crippen LogP contribution in [0.2, 0.25) is 5.02 Å². The summed E-state index contributed by atoms with van der Waals surface area (Å²) < 4.78 is 18.7. The molecular weight excluding hydrogens is 501 g/mol. The molecule has 0 spiro atoms. The summed E-state index contributed by atoms with van der Waals surface area (Å²) in [5.41, 5.74) is 4.72. The molecule has 0 aliphatic rings. The lowest BCUT2D eigenvalue weighted by atomic mass is 10.1. The molecule has 36 heavy (non-hydrogen) atoms. The normalized spacial score (nSPS) is 10.9. The molecule has 6 nitrogen and oxygen atoms in total. The Labute approximate surface area is 216 Å². The van der Waals surface area contributed by atoms with E-state index in [1.807, 2.05) is 30.3 Å². The highest BCUT2D eigenvalue weighted by molar-refractivity contribution is 7.97. The van der Waals surface area contributed by atoms with Gasteiger partial charge in [-0.05, 0) is 65.7 Å². The molecule has 0 unspecified atom stereocenters. The number of carbonyl (C=O) groups excluding carboxylic acids is 2. The predicted octanol–water partition coefficient (Wildman–Crippen LogP) is 6.52. The number of rotatable bonds is 9. The third-order valence-corrected chi connectivity index (χ3v) is 6.25. The molecule has 9 heteroatoms. The molecule has 0 bridgehead atoms. The Balaban J connectivity index is 1.42. The first-order valence-corrected chi connectivity index (χ1v) is 12.4. The Morgan fingerprint density at radius 1 is 0.972 bits per heavy atom. The highest BCUT2D eigenvalue weighted by atomic mass is 35.5. The summed E-state index contributed by atoms with van der Waals surface area (Å²) in [7, 11) is 0. The number of anilines is 1. The van der Waals surface area contributed by atoms with Crippen molar-refractivity contribution in [3.05, 3.63) is 124 Å². The number of nitrogens with zero attached hydrogens (tertiary/aromatic N) is 1. The van der Waals surface area contributed by atoms with Crippen LogP contribution >= 0.6 is 23.4 Å². The molecule has 2 amide bonds. The lowest BCUT2D eigenvalue weighted by molar-refractivity contribution is 0.0956. The number of halogens is 2. The van der Waals surface area contributed by atoms with E-state index in [9.17, 15) is 14.0 Å². The number of thioether (sulfide) groups is 1. The van der Waals surface area contributed by atoms with Crippen LogP contribution in [0.15, 0.2) is 94.6 Å². The van der Waals surface area contributed by atoms with Gasteiger partial charge in [-0.3, -0.25) is 9.59 Å². The largest absolute Gasteiger partial charge is 0.468 e. The third-order valence-electron chi connectivity index (χ3n) is 4.99. The fourth-order valence-electron chi connectivity index (χ4n) is 3.29. The van der Waals surface area contributed by atoms with Crippen LogP contribution in [0.3, 0.4) is 0 Å². The van der Waals surface area contributed by atoms with Crippen LogP contribution in [-0.4, -0.2) is 18.0 Å². The Kier molecular flexibility index (Phi) is 8.54. The van der Waals surface area contributed by atoms with Gasteiger partial charge < -0.3 is 9.73 Å². The molecule has 0 aliphatic carbocycles. The van der Waals surface area contributed by atoms with Crippen molar-refractivity contribution in [3.8, 4) is 0 Å². The fourth-order valence-corrected chi connectivity index (χ4v) is 4.34. The van der Waals surface area contributed by atoms with Crippen LogP contribution in [0.25, 0.3) is 0 Å². The van der Waals surface area contributed by atoms with Crippen LogP contribution < -0.4 is 10.7 Å². The van der Waals surface area contributed by atoms with Gasteiger partial charge in [0.1, 0.15) is 11.6 Å². The van der Waals surface area contributed by atoms with E-state index in [2.05, 4.69) is 15.8 Å². The van der Waals surface area contributed by atoms with Crippen LogP contribution in [0.1, 0.15) is 37.6 Å². The minimum atomic E-state index is -0.580. The van der Waals surface area contributed by atoms with Gasteiger partial charge >= 0.3 is 0 Å². The molecule has 1 aromatic heterocycles. The van der Waals surface area contributed by atoms with Crippen LogP contribution in [-0.2, 0) is 11.5 Å². The molecule has 1 heterocycles. The molecule has 182 valence electrons. The average molecular weight is 522 g/mol. The van der Waals surface area contributed by atoms with Gasteiger partial charge in [0.15, 0.2) is 0 Å². The number of amides is 2. The van der Waals surface area contributed by atoms with E-state index < -0.39 is 11.7 Å². The number of hydrogen-bond acceptors (Lipinski definition) is 5. The van der Waals surface area contributed by atoms with Gasteiger partial charge in [-0.15, -0.1) is 11.8 Å². The van der Waals surface area contributed by atoms with Gasteiger partial charge in [0, 0.05) is 16.3 Å². The minimum absolute atomic E-state index is 0.136. The predicted molar refractivity (Wildman–Crippen MR) is 141 cm³/mol. The Bertz CT molecular complexity index is 1390. The molecule has 0 atom stereocenters. The maximum absolute atomic E-state index is 13.3. The summed E-state index contributed by atoms with van der Waals surface area (Å²) >= 11 is 7.76. The van der Waals surface area contributed by atoms with Crippen molar-refractivity contribution in [1.82, 2.24) is 5.43 Å². The van der Waals surface area contributed by atoms with Gasteiger partial charge in [0.05, 0.1) is 29.5 Å². The second-order valence-corrected chi connectivity index (χ2v) is 9.09. The molecule has 0 aliphatic heterocycles. The third kappa shape index (κ3) is 7.07. The zero-order valence-corrected chi connectivity index (χ0v) is 20.5. The SMILES string of the molecule is O=C(Nc1ccc(Cl)cc1C(=O)NN=Cc1cccc(F)c1)c1cccc(CSCc2ccco2)c1. The van der Waals surface area contributed by atoms with Gasteiger partial charge in [0.2, 0.25) is 0 Å². The summed E-state index contributed by atoms with van der Waals surface area (Å²) in [5.74, 6) is 0.970. The molecule has 4 aromatic rings. The topological polar surface area (TPSA) is 83.7 Å². The van der Waals surface area contributed by atoms with Crippen LogP contribution in [0.4, 0.5) is 10.1 Å². The van der Waals surface area contributed by atoms with Crippen molar-refractivity contribution in [2.75, 3.05) is 5.32 Å². The Morgan fingerprint density at radius 3 is 2.64 bits per heavy atom. The number of hydrogen-bond donors (Lipinski definition) is 2. The standard InChI is InChI=1S/C27H21ClFN3O3S/c28-21-9-10-25(24(14-21)27(34)32-30-15-18-4-2-7-22(29)13-18)31-26(33)20-6-1-5-19(12-20)16-36-17-23-8-3-11-35-23/h1-15H,16-17H2,(H,31,33)(H,32,34). The first-order chi connectivity index (χ1) is 17.5. The molecular formula is C27H21ClFN3O3S. The Hall–Kier alpha value is -3.88. The zero-order valence-electron chi connectivity index (χ0n) is 18.9. The van der Waals surface area contributed by atoms with Crippen molar-refractivity contribution < 1.29 is 18.4 Å². The minimum Gasteiger partial charge on any atom is -0.468 e. The second kappa shape index (κ2) is 12.2. The maximum Gasteiger partial charge on any atom is 0.273 e. The highest BCUT2D eigenvalue weighted by Gasteiger charge is 2.15. The lowest BCUT2D eigenvalue weighted by Crippen LogP contribution is -2.21. The zero-order chi connectivity index (χ0) is 25.3. The highest BCUT2D eigenvalue weighted by Crippen LogP contribution is 2.23. The summed E-state index contributed by atoms with van der Waals surface area (Å²) in [6, 6.07) is 21.4. The van der Waals surface area contributed by atoms with Gasteiger partial charge in [0.25, 0.3) is 11.8 Å². The van der Waals surface area contributed by atoms with Crippen LogP contribution in [0.5, 0.6) is 0 Å². The van der Waals surface area contributed by atoms with Crippen molar-refractivity contribution in [1.29, 1.82) is 0 Å². The quantitative estimate of drug-likeness (QED) is 0.194. The summed E-state index contributed by atoms with van der Waals surface area (Å²) in [4.78, 5) is 25.7. The molecule has 2 N–H and O–H groups in total. The Morgan fingerprint density at radius 2 is 1.83 bits per heavy atom. The molecule has 0 radical (unpaired) electrons. The van der Waals surface area contributed by atoms with E-state index in [0.29, 0.717) is 21.9 Å². The van der Waals surface area contributed by atoms with Gasteiger partial charge in [-0.25, -0.2) is 9.82 Å². The fraction of sp³-hybridized carbons (Fsp3) is 0.0741. The molecule has 4 rings (SSSR count). The first kappa shape index (κ1) is 25.2. The molecule has 0 saturated heterocycles. The van der Waals surface area contributed by atoms with Gasteiger partial charge in [-0.1, -0.05) is 35.9 Å². The molecule has 0 saturated carbocycles. The average Bonchev–Trinajstić information content (AvgIpc) is 3.39. The lowest BCUT2D eigenvalue weighted by Gasteiger charge is -2.11. The van der Waals surface area contributed by atoms with E-state index in [0.717, 1.165) is 17.1 Å². The van der Waals surface area contributed by atoms with E-state index in [4.69, 9.17) is 16.0 Å². The smallest absolute Gasteiger partial charge is 0.273 e. The maximum atomic E-state index is 13.3. The van der Waals surface area contributed by atoms with E-state index in [1.54, 1.807) is 42.3 Å². The van der Waals surface area contributed by atoms with E-state index in [1.165, 1.54) is 30.5 Å². The second-order valence-electron chi connectivity index (χ2n) is 7.67. The van der Waals surface area contributed by atoms with Crippen molar-refractivity contribution in [3.63, 3.8) is 0 Å². The summed E-state index contributed by atoms with van der Waals surface area (Å²) in [6.45, 7) is 0. The molecule has 0 fully saturated rings. The monoisotopic (exact) mass is 521 g/mol. The molecule has 3 aromatic carbocycles. The van der Waals surface area contributed by atoms with E-state index >= 15 is 0 Å². The van der Waals surface area contributed by atoms with E-state index in [-0.39, 0.29) is 17.2 Å². The summed E-state index contributed by atoms with van der Waals surface area (Å²) in [5, 5.41) is 6.97.